The fraction of sp³-hybridized carbons (Fsp3) is 0.300. The second-order valence-corrected chi connectivity index (χ2v) is 7.52. The molecule has 1 heterocycles. The Hall–Kier alpha value is -3.00. The molecule has 0 saturated carbocycles. The predicted octanol–water partition coefficient (Wildman–Crippen LogP) is 2.81. The molecule has 3 rings (SSSR count). The van der Waals surface area contributed by atoms with Gasteiger partial charge in [0.1, 0.15) is 5.00 Å². The van der Waals surface area contributed by atoms with E-state index in [2.05, 4.69) is 15.8 Å². The van der Waals surface area contributed by atoms with Crippen LogP contribution in [-0.2, 0) is 27.2 Å². The topological polar surface area (TPSA) is 96.9 Å². The lowest BCUT2D eigenvalue weighted by Gasteiger charge is -2.11. The van der Waals surface area contributed by atoms with Crippen LogP contribution in [0, 0.1) is 6.92 Å². The first-order valence-electron chi connectivity index (χ1n) is 8.94. The van der Waals surface area contributed by atoms with Crippen molar-refractivity contribution in [2.24, 2.45) is 5.10 Å². The molecule has 0 bridgehead atoms. The molecule has 0 atom stereocenters. The zero-order valence-electron chi connectivity index (χ0n) is 15.7. The van der Waals surface area contributed by atoms with Crippen molar-refractivity contribution in [3.63, 3.8) is 0 Å². The number of hydrogen-bond donors (Lipinski definition) is 2. The fourth-order valence-corrected chi connectivity index (χ4v) is 4.35. The van der Waals surface area contributed by atoms with Gasteiger partial charge in [0.25, 0.3) is 0 Å². The minimum atomic E-state index is -0.910. The van der Waals surface area contributed by atoms with Gasteiger partial charge in [-0.15, -0.1) is 11.3 Å². The molecule has 0 radical (unpaired) electrons. The maximum absolute atomic E-state index is 12.3. The fourth-order valence-electron chi connectivity index (χ4n) is 3.07. The summed E-state index contributed by atoms with van der Waals surface area (Å²) in [5.74, 6) is -2.30. The second kappa shape index (κ2) is 8.79. The largest absolute Gasteiger partial charge is 0.465 e. The molecular formula is C20H21N3O4S. The summed E-state index contributed by atoms with van der Waals surface area (Å²) in [6.45, 7) is 1.92. The monoisotopic (exact) mass is 399 g/mol. The number of thiophene rings is 1. The van der Waals surface area contributed by atoms with E-state index in [1.165, 1.54) is 24.7 Å². The lowest BCUT2D eigenvalue weighted by Crippen LogP contribution is -2.32. The van der Waals surface area contributed by atoms with Gasteiger partial charge in [-0.05, 0) is 49.3 Å². The molecule has 0 saturated heterocycles. The summed E-state index contributed by atoms with van der Waals surface area (Å²) in [4.78, 5) is 37.6. The van der Waals surface area contributed by atoms with E-state index in [0.717, 1.165) is 47.3 Å². The van der Waals surface area contributed by atoms with Crippen molar-refractivity contribution in [1.82, 2.24) is 5.43 Å². The Bertz CT molecular complexity index is 949. The zero-order valence-corrected chi connectivity index (χ0v) is 16.5. The van der Waals surface area contributed by atoms with Crippen molar-refractivity contribution in [2.75, 3.05) is 12.4 Å². The number of nitrogens with one attached hydrogen (secondary N) is 2. The number of hydrazone groups is 1. The quantitative estimate of drug-likeness (QED) is 0.358. The summed E-state index contributed by atoms with van der Waals surface area (Å²) < 4.78 is 4.86. The van der Waals surface area contributed by atoms with Crippen LogP contribution >= 0.6 is 11.3 Å². The van der Waals surface area contributed by atoms with Gasteiger partial charge in [0.15, 0.2) is 0 Å². The Morgan fingerprint density at radius 3 is 2.64 bits per heavy atom. The SMILES string of the molecule is COC(=O)c1c(NC(=O)C(=O)NN=Cc2ccccc2C)sc2c1CCCC2. The number of fused-ring (bicyclic) bond motifs is 1. The number of esters is 1. The van der Waals surface area contributed by atoms with E-state index >= 15 is 0 Å². The molecule has 1 aliphatic rings. The molecule has 8 heteroatoms. The van der Waals surface area contributed by atoms with Crippen LogP contribution < -0.4 is 10.7 Å². The van der Waals surface area contributed by atoms with E-state index in [1.807, 2.05) is 31.2 Å². The normalized spacial score (nSPS) is 13.1. The number of aryl methyl sites for hydroxylation is 2. The van der Waals surface area contributed by atoms with Crippen molar-refractivity contribution in [2.45, 2.75) is 32.6 Å². The Morgan fingerprint density at radius 2 is 1.89 bits per heavy atom. The molecule has 2 aromatic rings. The lowest BCUT2D eigenvalue weighted by molar-refractivity contribution is -0.136. The number of benzene rings is 1. The summed E-state index contributed by atoms with van der Waals surface area (Å²) in [5, 5.41) is 6.71. The van der Waals surface area contributed by atoms with Crippen LogP contribution in [0.2, 0.25) is 0 Å². The number of carbonyl (C=O) groups excluding carboxylic acids is 3. The number of methoxy groups -OCH3 is 1. The van der Waals surface area contributed by atoms with Gasteiger partial charge in [-0.1, -0.05) is 24.3 Å². The maximum Gasteiger partial charge on any atom is 0.341 e. The van der Waals surface area contributed by atoms with Crippen molar-refractivity contribution in [1.29, 1.82) is 0 Å². The van der Waals surface area contributed by atoms with Gasteiger partial charge in [0.05, 0.1) is 18.9 Å². The highest BCUT2D eigenvalue weighted by Crippen LogP contribution is 2.38. The van der Waals surface area contributed by atoms with E-state index in [9.17, 15) is 14.4 Å². The number of anilines is 1. The van der Waals surface area contributed by atoms with Gasteiger partial charge in [-0.3, -0.25) is 9.59 Å². The van der Waals surface area contributed by atoms with Crippen molar-refractivity contribution >= 4 is 40.3 Å². The van der Waals surface area contributed by atoms with Crippen LogP contribution in [0.1, 0.15) is 44.8 Å². The number of nitrogens with zero attached hydrogens (tertiary/aromatic N) is 1. The van der Waals surface area contributed by atoms with Crippen molar-refractivity contribution in [3.8, 4) is 0 Å². The first kappa shape index (κ1) is 19.8. The smallest absolute Gasteiger partial charge is 0.341 e. The Kier molecular flexibility index (Phi) is 6.20. The van der Waals surface area contributed by atoms with Gasteiger partial charge >= 0.3 is 17.8 Å². The van der Waals surface area contributed by atoms with Crippen molar-refractivity contribution < 1.29 is 19.1 Å². The van der Waals surface area contributed by atoms with Gasteiger partial charge in [0, 0.05) is 4.88 Å². The Labute approximate surface area is 166 Å². The molecular weight excluding hydrogens is 378 g/mol. The molecule has 146 valence electrons. The highest BCUT2D eigenvalue weighted by atomic mass is 32.1. The summed E-state index contributed by atoms with van der Waals surface area (Å²) in [5.41, 5.74) is 5.31. The highest BCUT2D eigenvalue weighted by Gasteiger charge is 2.28. The van der Waals surface area contributed by atoms with E-state index in [0.29, 0.717) is 10.6 Å². The molecule has 0 fully saturated rings. The van der Waals surface area contributed by atoms with Crippen LogP contribution in [0.3, 0.4) is 0 Å². The van der Waals surface area contributed by atoms with E-state index < -0.39 is 17.8 Å². The number of rotatable bonds is 4. The van der Waals surface area contributed by atoms with E-state index in [1.54, 1.807) is 0 Å². The number of amides is 2. The van der Waals surface area contributed by atoms with Gasteiger partial charge in [-0.2, -0.15) is 5.10 Å². The van der Waals surface area contributed by atoms with E-state index in [4.69, 9.17) is 4.74 Å². The average molecular weight is 399 g/mol. The molecule has 28 heavy (non-hydrogen) atoms. The van der Waals surface area contributed by atoms with Crippen LogP contribution in [0.5, 0.6) is 0 Å². The molecule has 0 aliphatic heterocycles. The first-order valence-corrected chi connectivity index (χ1v) is 9.75. The zero-order chi connectivity index (χ0) is 20.1. The average Bonchev–Trinajstić information content (AvgIpc) is 3.06. The van der Waals surface area contributed by atoms with Gasteiger partial charge < -0.3 is 10.1 Å². The molecule has 0 unspecified atom stereocenters. The molecule has 1 aliphatic carbocycles. The summed E-state index contributed by atoms with van der Waals surface area (Å²) >= 11 is 1.32. The minimum absolute atomic E-state index is 0.349. The van der Waals surface area contributed by atoms with Crippen LogP contribution in [0.15, 0.2) is 29.4 Å². The summed E-state index contributed by atoms with van der Waals surface area (Å²) in [6, 6.07) is 7.53. The third-order valence-electron chi connectivity index (χ3n) is 4.55. The molecule has 2 N–H and O–H groups in total. The van der Waals surface area contributed by atoms with Gasteiger partial charge in [0.2, 0.25) is 0 Å². The number of carbonyl (C=O) groups is 3. The maximum atomic E-state index is 12.3. The second-order valence-electron chi connectivity index (χ2n) is 6.42. The third kappa shape index (κ3) is 4.28. The molecule has 0 spiro atoms. The molecule has 1 aromatic heterocycles. The van der Waals surface area contributed by atoms with Crippen LogP contribution in [0.4, 0.5) is 5.00 Å². The summed E-state index contributed by atoms with van der Waals surface area (Å²) in [7, 11) is 1.30. The molecule has 2 amide bonds. The Morgan fingerprint density at radius 1 is 1.14 bits per heavy atom. The molecule has 7 nitrogen and oxygen atoms in total. The molecule has 1 aromatic carbocycles. The standard InChI is InChI=1S/C20H21N3O4S/c1-12-7-3-4-8-13(12)11-21-23-18(25)17(24)22-19-16(20(26)27-2)14-9-5-6-10-15(14)28-19/h3-4,7-8,11H,5-6,9-10H2,1-2H3,(H,22,24)(H,23,25). The number of ether oxygens (including phenoxy) is 1. The van der Waals surface area contributed by atoms with Crippen LogP contribution in [0.25, 0.3) is 0 Å². The van der Waals surface area contributed by atoms with Crippen molar-refractivity contribution in [3.05, 3.63) is 51.4 Å². The predicted molar refractivity (Wildman–Crippen MR) is 108 cm³/mol. The first-order chi connectivity index (χ1) is 13.5. The lowest BCUT2D eigenvalue weighted by atomic mass is 9.95. The Balaban J connectivity index is 1.70. The number of hydrogen-bond acceptors (Lipinski definition) is 6. The highest BCUT2D eigenvalue weighted by molar-refractivity contribution is 7.17. The van der Waals surface area contributed by atoms with E-state index in [-0.39, 0.29) is 0 Å². The summed E-state index contributed by atoms with van der Waals surface area (Å²) in [6.07, 6.45) is 5.11. The van der Waals surface area contributed by atoms with Crippen LogP contribution in [-0.4, -0.2) is 31.1 Å². The van der Waals surface area contributed by atoms with Gasteiger partial charge in [-0.25, -0.2) is 10.2 Å². The third-order valence-corrected chi connectivity index (χ3v) is 5.76. The minimum Gasteiger partial charge on any atom is -0.465 e.